The van der Waals surface area contributed by atoms with E-state index in [0.29, 0.717) is 0 Å². The molecule has 0 spiro atoms. The Morgan fingerprint density at radius 2 is 1.03 bits per heavy atom. The number of nitro groups is 2. The third-order valence-corrected chi connectivity index (χ3v) is 3.69. The van der Waals surface area contributed by atoms with E-state index in [1.54, 1.807) is 0 Å². The van der Waals surface area contributed by atoms with Crippen molar-refractivity contribution in [2.24, 2.45) is 0 Å². The third-order valence-electron chi connectivity index (χ3n) is 3.69. The first kappa shape index (κ1) is 22.0. The van der Waals surface area contributed by atoms with Crippen LogP contribution in [-0.4, -0.2) is 34.0 Å². The summed E-state index contributed by atoms with van der Waals surface area (Å²) in [6.45, 7) is 3.03. The molecule has 0 aliphatic carbocycles. The van der Waals surface area contributed by atoms with Crippen LogP contribution in [0.2, 0.25) is 0 Å². The van der Waals surface area contributed by atoms with Crippen LogP contribution in [0.25, 0.3) is 0 Å². The van der Waals surface area contributed by atoms with Gasteiger partial charge in [-0.3, -0.25) is 20.2 Å². The second-order valence-electron chi connectivity index (χ2n) is 5.99. The summed E-state index contributed by atoms with van der Waals surface area (Å²) in [5.74, 6) is 3.84. The normalized spacial score (nSPS) is 11.9. The molecule has 0 saturated heterocycles. The van der Waals surface area contributed by atoms with Crippen molar-refractivity contribution in [2.75, 3.05) is 0 Å². The molecule has 2 atom stereocenters. The maximum absolute atomic E-state index is 12.0. The van der Waals surface area contributed by atoms with Crippen LogP contribution in [-0.2, 0) is 9.47 Å². The molecule has 0 aliphatic rings. The molecule has 0 aliphatic heterocycles. The highest BCUT2D eigenvalue weighted by atomic mass is 16.6. The average molecular weight is 412 g/mol. The van der Waals surface area contributed by atoms with Crippen molar-refractivity contribution in [2.45, 2.75) is 26.1 Å². The first-order valence-corrected chi connectivity index (χ1v) is 8.59. The van der Waals surface area contributed by atoms with E-state index < -0.39 is 34.0 Å². The van der Waals surface area contributed by atoms with Crippen molar-refractivity contribution in [1.29, 1.82) is 0 Å². The molecule has 2 aromatic carbocycles. The number of carbonyl (C=O) groups excluding carboxylic acids is 2. The van der Waals surface area contributed by atoms with Gasteiger partial charge < -0.3 is 9.47 Å². The molecule has 0 N–H and O–H groups in total. The van der Waals surface area contributed by atoms with Crippen molar-refractivity contribution in [1.82, 2.24) is 0 Å². The molecule has 0 aromatic heterocycles. The molecular weight excluding hydrogens is 396 g/mol. The zero-order valence-corrected chi connectivity index (χ0v) is 15.9. The summed E-state index contributed by atoms with van der Waals surface area (Å²) < 4.78 is 10.3. The van der Waals surface area contributed by atoms with Crippen molar-refractivity contribution in [3.63, 3.8) is 0 Å². The molecular formula is C20H16N2O8. The van der Waals surface area contributed by atoms with Gasteiger partial charge in [0.25, 0.3) is 11.4 Å². The van der Waals surface area contributed by atoms with Crippen LogP contribution < -0.4 is 0 Å². The zero-order chi connectivity index (χ0) is 22.3. The van der Waals surface area contributed by atoms with E-state index in [9.17, 15) is 29.8 Å². The molecule has 0 bridgehead atoms. The summed E-state index contributed by atoms with van der Waals surface area (Å²) in [6, 6.07) is 9.84. The predicted octanol–water partition coefficient (Wildman–Crippen LogP) is 3.30. The molecule has 30 heavy (non-hydrogen) atoms. The van der Waals surface area contributed by atoms with E-state index in [1.807, 2.05) is 0 Å². The van der Waals surface area contributed by atoms with Crippen LogP contribution in [0.5, 0.6) is 0 Å². The Hall–Kier alpha value is -4.26. The highest BCUT2D eigenvalue weighted by Crippen LogP contribution is 2.14. The number of hydrogen-bond acceptors (Lipinski definition) is 8. The number of carbonyl (C=O) groups is 2. The van der Waals surface area contributed by atoms with Gasteiger partial charge >= 0.3 is 11.9 Å². The summed E-state index contributed by atoms with van der Waals surface area (Å²) in [6.07, 6.45) is -1.65. The lowest BCUT2D eigenvalue weighted by molar-refractivity contribution is -0.385. The fourth-order valence-corrected chi connectivity index (χ4v) is 2.19. The molecule has 0 amide bonds. The molecule has 2 aromatic rings. The molecule has 0 unspecified atom stereocenters. The number of hydrogen-bond donors (Lipinski definition) is 0. The lowest BCUT2D eigenvalue weighted by Gasteiger charge is -2.09. The Kier molecular flexibility index (Phi) is 7.19. The lowest BCUT2D eigenvalue weighted by atomic mass is 10.2. The quantitative estimate of drug-likeness (QED) is 0.305. The highest BCUT2D eigenvalue weighted by Gasteiger charge is 2.14. The SMILES string of the molecule is C[C@H](C#C[C@@H](C)OC(=O)c1ccc([N+](=O)[O-])cc1)OC(=O)c1ccc([N+](=O)[O-])cc1. The third kappa shape index (κ3) is 6.13. The number of non-ortho nitro benzene ring substituents is 2. The van der Waals surface area contributed by atoms with Crippen LogP contribution in [0.4, 0.5) is 11.4 Å². The van der Waals surface area contributed by atoms with Gasteiger partial charge in [-0.25, -0.2) is 9.59 Å². The Labute approximate surface area is 170 Å². The molecule has 10 nitrogen and oxygen atoms in total. The van der Waals surface area contributed by atoms with Gasteiger partial charge in [0.2, 0.25) is 0 Å². The van der Waals surface area contributed by atoms with Gasteiger partial charge in [-0.15, -0.1) is 0 Å². The fraction of sp³-hybridized carbons (Fsp3) is 0.200. The highest BCUT2D eigenvalue weighted by molar-refractivity contribution is 5.90. The van der Waals surface area contributed by atoms with Gasteiger partial charge in [-0.1, -0.05) is 11.8 Å². The van der Waals surface area contributed by atoms with Crippen LogP contribution in [0.15, 0.2) is 48.5 Å². The van der Waals surface area contributed by atoms with E-state index in [-0.39, 0.29) is 22.5 Å². The van der Waals surface area contributed by atoms with Crippen LogP contribution in [0.3, 0.4) is 0 Å². The number of ether oxygens (including phenoxy) is 2. The topological polar surface area (TPSA) is 139 Å². The van der Waals surface area contributed by atoms with Gasteiger partial charge in [-0.05, 0) is 38.1 Å². The molecule has 154 valence electrons. The Bertz CT molecular complexity index is 938. The van der Waals surface area contributed by atoms with E-state index >= 15 is 0 Å². The lowest BCUT2D eigenvalue weighted by Crippen LogP contribution is -2.16. The second kappa shape index (κ2) is 9.79. The summed E-state index contributed by atoms with van der Waals surface area (Å²) in [5, 5.41) is 21.3. The maximum Gasteiger partial charge on any atom is 0.339 e. The second-order valence-corrected chi connectivity index (χ2v) is 5.99. The number of esters is 2. The van der Waals surface area contributed by atoms with Gasteiger partial charge in [0.1, 0.15) is 0 Å². The van der Waals surface area contributed by atoms with Crippen LogP contribution in [0.1, 0.15) is 34.6 Å². The molecule has 2 rings (SSSR count). The van der Waals surface area contributed by atoms with E-state index in [1.165, 1.54) is 62.4 Å². The smallest absolute Gasteiger partial charge is 0.339 e. The van der Waals surface area contributed by atoms with Gasteiger partial charge in [0.15, 0.2) is 12.2 Å². The summed E-state index contributed by atoms with van der Waals surface area (Å²) >= 11 is 0. The molecule has 0 heterocycles. The Morgan fingerprint density at radius 1 is 0.733 bits per heavy atom. The van der Waals surface area contributed by atoms with Gasteiger partial charge in [0, 0.05) is 24.3 Å². The van der Waals surface area contributed by atoms with Crippen molar-refractivity contribution < 1.29 is 28.9 Å². The first-order chi connectivity index (χ1) is 14.2. The number of rotatable bonds is 6. The molecule has 0 radical (unpaired) electrons. The van der Waals surface area contributed by atoms with E-state index in [4.69, 9.17) is 9.47 Å². The van der Waals surface area contributed by atoms with Crippen molar-refractivity contribution in [3.05, 3.63) is 79.9 Å². The van der Waals surface area contributed by atoms with E-state index in [2.05, 4.69) is 11.8 Å². The van der Waals surface area contributed by atoms with Gasteiger partial charge in [-0.2, -0.15) is 0 Å². The zero-order valence-electron chi connectivity index (χ0n) is 15.9. The van der Waals surface area contributed by atoms with Crippen LogP contribution in [0, 0.1) is 32.1 Å². The van der Waals surface area contributed by atoms with Crippen molar-refractivity contribution in [3.8, 4) is 11.8 Å². The Balaban J connectivity index is 1.90. The summed E-state index contributed by atoms with van der Waals surface area (Å²) in [4.78, 5) is 44.1. The van der Waals surface area contributed by atoms with E-state index in [0.717, 1.165) is 0 Å². The van der Waals surface area contributed by atoms with Crippen LogP contribution >= 0.6 is 0 Å². The fourth-order valence-electron chi connectivity index (χ4n) is 2.19. The standard InChI is InChI=1S/C20H16N2O8/c1-13(29-19(23)15-5-9-17(10-6-15)21(25)26)3-4-14(2)30-20(24)16-7-11-18(12-8-16)22(27)28/h5-14H,1-2H3/t13-,14-/m1/s1. The minimum Gasteiger partial charge on any atom is -0.446 e. The summed E-state index contributed by atoms with van der Waals surface area (Å²) in [7, 11) is 0. The minimum absolute atomic E-state index is 0.131. The number of benzene rings is 2. The summed E-state index contributed by atoms with van der Waals surface area (Å²) in [5.41, 5.74) is -0.0371. The predicted molar refractivity (Wildman–Crippen MR) is 104 cm³/mol. The Morgan fingerprint density at radius 3 is 1.30 bits per heavy atom. The molecule has 0 fully saturated rings. The minimum atomic E-state index is -0.826. The first-order valence-electron chi connectivity index (χ1n) is 8.59. The monoisotopic (exact) mass is 412 g/mol. The number of nitrogens with zero attached hydrogens (tertiary/aromatic N) is 2. The van der Waals surface area contributed by atoms with Gasteiger partial charge in [0.05, 0.1) is 21.0 Å². The largest absolute Gasteiger partial charge is 0.446 e. The van der Waals surface area contributed by atoms with Crippen molar-refractivity contribution >= 4 is 23.3 Å². The molecule has 0 saturated carbocycles. The number of nitro benzene ring substituents is 2. The maximum atomic E-state index is 12.0. The molecule has 10 heteroatoms. The average Bonchev–Trinajstić information content (AvgIpc) is 2.72.